The lowest BCUT2D eigenvalue weighted by molar-refractivity contribution is -0.116. The molecule has 2 aromatic carbocycles. The van der Waals surface area contributed by atoms with Gasteiger partial charge in [0.1, 0.15) is 17.3 Å². The standard InChI is InChI=1S/C23H23NO7/c1-13-10-19(26)22(23(28)31-13)17(14-4-9-20(30-3)18(25)11-14)12-21(27)24-15-5-7-16(29-2)8-6-15/h4-11,17,25-26H,12H2,1-3H3,(H,24,27)/t17-/m0/s1. The number of phenols is 1. The van der Waals surface area contributed by atoms with E-state index >= 15 is 0 Å². The Morgan fingerprint density at radius 1 is 1.03 bits per heavy atom. The Balaban J connectivity index is 1.97. The van der Waals surface area contributed by atoms with Gasteiger partial charge in [0, 0.05) is 24.1 Å². The molecule has 3 rings (SSSR count). The van der Waals surface area contributed by atoms with Gasteiger partial charge in [-0.2, -0.15) is 0 Å². The Bertz CT molecular complexity index is 1140. The summed E-state index contributed by atoms with van der Waals surface area (Å²) in [5.74, 6) is -0.581. The van der Waals surface area contributed by atoms with Crippen molar-refractivity contribution in [3.8, 4) is 23.0 Å². The molecular weight excluding hydrogens is 402 g/mol. The number of carbonyl (C=O) groups excluding carboxylic acids is 1. The van der Waals surface area contributed by atoms with Crippen molar-refractivity contribution >= 4 is 11.6 Å². The largest absolute Gasteiger partial charge is 0.507 e. The monoisotopic (exact) mass is 425 g/mol. The van der Waals surface area contributed by atoms with Crippen LogP contribution in [0.1, 0.15) is 29.2 Å². The highest BCUT2D eigenvalue weighted by atomic mass is 16.5. The molecule has 0 radical (unpaired) electrons. The molecule has 0 unspecified atom stereocenters. The lowest BCUT2D eigenvalue weighted by Crippen LogP contribution is -2.21. The topological polar surface area (TPSA) is 118 Å². The fraction of sp³-hybridized carbons (Fsp3) is 0.217. The summed E-state index contributed by atoms with van der Waals surface area (Å²) in [5.41, 5.74) is 0.159. The molecule has 3 N–H and O–H groups in total. The molecule has 8 heteroatoms. The Labute approximate surface area is 178 Å². The lowest BCUT2D eigenvalue weighted by Gasteiger charge is -2.19. The normalized spacial score (nSPS) is 11.6. The quantitative estimate of drug-likeness (QED) is 0.530. The van der Waals surface area contributed by atoms with Crippen molar-refractivity contribution in [2.45, 2.75) is 19.3 Å². The van der Waals surface area contributed by atoms with Gasteiger partial charge in [0.05, 0.1) is 19.8 Å². The molecule has 0 bridgehead atoms. The van der Waals surface area contributed by atoms with E-state index in [4.69, 9.17) is 13.9 Å². The zero-order valence-corrected chi connectivity index (χ0v) is 17.3. The number of phenolic OH excluding ortho intramolecular Hbond substituents is 1. The van der Waals surface area contributed by atoms with Crippen LogP contribution in [0.2, 0.25) is 0 Å². The Morgan fingerprint density at radius 3 is 2.32 bits per heavy atom. The van der Waals surface area contributed by atoms with Gasteiger partial charge in [-0.1, -0.05) is 6.07 Å². The first-order chi connectivity index (χ1) is 14.8. The van der Waals surface area contributed by atoms with Crippen molar-refractivity contribution in [1.82, 2.24) is 0 Å². The third-order valence-electron chi connectivity index (χ3n) is 4.81. The summed E-state index contributed by atoms with van der Waals surface area (Å²) < 4.78 is 15.3. The van der Waals surface area contributed by atoms with Gasteiger partial charge in [0.2, 0.25) is 5.91 Å². The van der Waals surface area contributed by atoms with Crippen LogP contribution in [-0.4, -0.2) is 30.3 Å². The number of aryl methyl sites for hydroxylation is 1. The minimum absolute atomic E-state index is 0.0694. The molecule has 162 valence electrons. The van der Waals surface area contributed by atoms with Gasteiger partial charge in [-0.25, -0.2) is 4.79 Å². The molecular formula is C23H23NO7. The highest BCUT2D eigenvalue weighted by molar-refractivity contribution is 5.91. The van der Waals surface area contributed by atoms with Crippen molar-refractivity contribution in [3.05, 3.63) is 75.8 Å². The van der Waals surface area contributed by atoms with Crippen LogP contribution in [0.25, 0.3) is 0 Å². The molecule has 0 fully saturated rings. The molecule has 0 aliphatic heterocycles. The first kappa shape index (κ1) is 21.8. The molecule has 1 aromatic heterocycles. The third-order valence-corrected chi connectivity index (χ3v) is 4.81. The second-order valence-corrected chi connectivity index (χ2v) is 6.91. The van der Waals surface area contributed by atoms with Gasteiger partial charge in [-0.3, -0.25) is 4.79 Å². The van der Waals surface area contributed by atoms with E-state index in [0.29, 0.717) is 17.0 Å². The smallest absolute Gasteiger partial charge is 0.343 e. The molecule has 0 spiro atoms. The average Bonchev–Trinajstić information content (AvgIpc) is 2.72. The van der Waals surface area contributed by atoms with E-state index in [1.807, 2.05) is 0 Å². The number of hydrogen-bond acceptors (Lipinski definition) is 7. The van der Waals surface area contributed by atoms with Crippen LogP contribution in [-0.2, 0) is 4.79 Å². The number of aromatic hydroxyl groups is 2. The molecule has 1 amide bonds. The van der Waals surface area contributed by atoms with E-state index in [0.717, 1.165) is 0 Å². The second kappa shape index (κ2) is 9.25. The number of amides is 1. The SMILES string of the molecule is COc1ccc(NC(=O)C[C@@H](c2ccc(OC)c(O)c2)c2c(O)cc(C)oc2=O)cc1. The fourth-order valence-electron chi connectivity index (χ4n) is 3.31. The summed E-state index contributed by atoms with van der Waals surface area (Å²) in [7, 11) is 2.96. The van der Waals surface area contributed by atoms with Crippen molar-refractivity contribution < 1.29 is 28.9 Å². The number of ether oxygens (including phenoxy) is 2. The second-order valence-electron chi connectivity index (χ2n) is 6.91. The summed E-state index contributed by atoms with van der Waals surface area (Å²) in [6, 6.07) is 12.6. The molecule has 1 heterocycles. The zero-order chi connectivity index (χ0) is 22.5. The van der Waals surface area contributed by atoms with Gasteiger partial charge < -0.3 is 29.4 Å². The predicted octanol–water partition coefficient (Wildman–Crippen LogP) is 3.54. The van der Waals surface area contributed by atoms with Gasteiger partial charge in [-0.05, 0) is 48.9 Å². The van der Waals surface area contributed by atoms with E-state index in [-0.39, 0.29) is 35.0 Å². The highest BCUT2D eigenvalue weighted by Crippen LogP contribution is 2.36. The van der Waals surface area contributed by atoms with Crippen molar-refractivity contribution in [2.24, 2.45) is 0 Å². The summed E-state index contributed by atoms with van der Waals surface area (Å²) >= 11 is 0. The number of methoxy groups -OCH3 is 2. The van der Waals surface area contributed by atoms with Crippen LogP contribution in [0.15, 0.2) is 57.7 Å². The maximum Gasteiger partial charge on any atom is 0.343 e. The summed E-state index contributed by atoms with van der Waals surface area (Å²) in [6.07, 6.45) is -0.181. The summed E-state index contributed by atoms with van der Waals surface area (Å²) in [6.45, 7) is 1.54. The van der Waals surface area contributed by atoms with Crippen molar-refractivity contribution in [3.63, 3.8) is 0 Å². The first-order valence-corrected chi connectivity index (χ1v) is 9.46. The maximum absolute atomic E-state index is 12.8. The molecule has 0 aliphatic rings. The maximum atomic E-state index is 12.8. The predicted molar refractivity (Wildman–Crippen MR) is 114 cm³/mol. The number of benzene rings is 2. The van der Waals surface area contributed by atoms with Gasteiger partial charge in [0.15, 0.2) is 11.5 Å². The number of hydrogen-bond donors (Lipinski definition) is 3. The van der Waals surface area contributed by atoms with Crippen LogP contribution >= 0.6 is 0 Å². The first-order valence-electron chi connectivity index (χ1n) is 9.46. The van der Waals surface area contributed by atoms with Gasteiger partial charge in [0.25, 0.3) is 0 Å². The van der Waals surface area contributed by atoms with Crippen molar-refractivity contribution in [2.75, 3.05) is 19.5 Å². The minimum Gasteiger partial charge on any atom is -0.507 e. The number of rotatable bonds is 7. The van der Waals surface area contributed by atoms with E-state index in [1.165, 1.54) is 32.2 Å². The summed E-state index contributed by atoms with van der Waals surface area (Å²) in [5, 5.41) is 23.4. The lowest BCUT2D eigenvalue weighted by atomic mass is 9.88. The number of nitrogens with one attached hydrogen (secondary N) is 1. The van der Waals surface area contributed by atoms with Crippen LogP contribution in [0.5, 0.6) is 23.0 Å². The Kier molecular flexibility index (Phi) is 6.49. The fourth-order valence-corrected chi connectivity index (χ4v) is 3.31. The van der Waals surface area contributed by atoms with Gasteiger partial charge >= 0.3 is 5.63 Å². The molecule has 0 saturated carbocycles. The Morgan fingerprint density at radius 2 is 1.74 bits per heavy atom. The number of carbonyl (C=O) groups is 1. The zero-order valence-electron chi connectivity index (χ0n) is 17.3. The Hall–Kier alpha value is -3.94. The van der Waals surface area contributed by atoms with Crippen molar-refractivity contribution in [1.29, 1.82) is 0 Å². The molecule has 8 nitrogen and oxygen atoms in total. The van der Waals surface area contributed by atoms with Crippen LogP contribution in [0.4, 0.5) is 5.69 Å². The molecule has 0 aliphatic carbocycles. The molecule has 0 saturated heterocycles. The molecule has 1 atom stereocenters. The minimum atomic E-state index is -0.869. The highest BCUT2D eigenvalue weighted by Gasteiger charge is 2.26. The van der Waals surface area contributed by atoms with Crippen LogP contribution < -0.4 is 20.4 Å². The average molecular weight is 425 g/mol. The van der Waals surface area contributed by atoms with E-state index in [9.17, 15) is 19.8 Å². The van der Waals surface area contributed by atoms with Crippen LogP contribution in [0, 0.1) is 6.92 Å². The van der Waals surface area contributed by atoms with Crippen LogP contribution in [0.3, 0.4) is 0 Å². The summed E-state index contributed by atoms with van der Waals surface area (Å²) in [4.78, 5) is 25.3. The molecule has 31 heavy (non-hydrogen) atoms. The van der Waals surface area contributed by atoms with Gasteiger partial charge in [-0.15, -0.1) is 0 Å². The van der Waals surface area contributed by atoms with E-state index < -0.39 is 17.5 Å². The number of anilines is 1. The van der Waals surface area contributed by atoms with E-state index in [1.54, 1.807) is 37.4 Å². The van der Waals surface area contributed by atoms with E-state index in [2.05, 4.69) is 5.32 Å². The third kappa shape index (κ3) is 4.98. The molecule has 3 aromatic rings.